The van der Waals surface area contributed by atoms with E-state index in [0.29, 0.717) is 27.8 Å². The van der Waals surface area contributed by atoms with Crippen molar-refractivity contribution < 1.29 is 19.2 Å². The molecule has 0 bridgehead atoms. The highest BCUT2D eigenvalue weighted by Gasteiger charge is 2.36. The number of aromatic nitrogens is 2. The minimum Gasteiger partial charge on any atom is -0.306 e. The SMILES string of the molecule is CCCCc1cc(NC(=O)Nc2cccc(C)c2Cl)n(-c2cccc(CN3C(=O)NC(=O)C3=O)c2)n1. The van der Waals surface area contributed by atoms with E-state index in [-0.39, 0.29) is 6.54 Å². The summed E-state index contributed by atoms with van der Waals surface area (Å²) in [6.45, 7) is 3.85. The molecule has 186 valence electrons. The van der Waals surface area contributed by atoms with Crippen LogP contribution in [0.4, 0.5) is 21.1 Å². The van der Waals surface area contributed by atoms with Crippen LogP contribution in [-0.2, 0) is 22.6 Å². The number of aryl methyl sites for hydroxylation is 2. The fourth-order valence-corrected chi connectivity index (χ4v) is 3.93. The summed E-state index contributed by atoms with van der Waals surface area (Å²) in [5.74, 6) is -1.42. The molecular formula is C25H25ClN6O4. The van der Waals surface area contributed by atoms with Crippen molar-refractivity contribution in [2.24, 2.45) is 0 Å². The quantitative estimate of drug-likeness (QED) is 0.307. The van der Waals surface area contributed by atoms with Crippen LogP contribution in [0.5, 0.6) is 0 Å². The van der Waals surface area contributed by atoms with Crippen molar-refractivity contribution in [3.8, 4) is 5.69 Å². The number of benzene rings is 2. The molecule has 2 aromatic carbocycles. The van der Waals surface area contributed by atoms with Gasteiger partial charge in [-0.25, -0.2) is 14.3 Å². The number of anilines is 2. The number of halogens is 1. The van der Waals surface area contributed by atoms with Crippen LogP contribution in [0.25, 0.3) is 5.69 Å². The highest BCUT2D eigenvalue weighted by atomic mass is 35.5. The fraction of sp³-hybridized carbons (Fsp3) is 0.240. The van der Waals surface area contributed by atoms with E-state index in [4.69, 9.17) is 11.6 Å². The van der Waals surface area contributed by atoms with E-state index in [1.807, 2.05) is 18.3 Å². The Balaban J connectivity index is 1.59. The molecule has 6 amide bonds. The summed E-state index contributed by atoms with van der Waals surface area (Å²) < 4.78 is 1.59. The molecule has 10 nitrogen and oxygen atoms in total. The largest absolute Gasteiger partial charge is 0.331 e. The molecule has 0 spiro atoms. The number of rotatable bonds is 8. The van der Waals surface area contributed by atoms with E-state index in [1.54, 1.807) is 47.1 Å². The maximum Gasteiger partial charge on any atom is 0.331 e. The van der Waals surface area contributed by atoms with Gasteiger partial charge < -0.3 is 5.32 Å². The van der Waals surface area contributed by atoms with Crippen molar-refractivity contribution in [2.45, 2.75) is 39.7 Å². The number of carbonyl (C=O) groups is 4. The second-order valence-corrected chi connectivity index (χ2v) is 8.75. The lowest BCUT2D eigenvalue weighted by atomic mass is 10.2. The number of amides is 6. The highest BCUT2D eigenvalue weighted by molar-refractivity contribution is 6.44. The number of nitrogens with one attached hydrogen (secondary N) is 3. The molecule has 3 N–H and O–H groups in total. The summed E-state index contributed by atoms with van der Waals surface area (Å²) in [5.41, 5.74) is 3.34. The summed E-state index contributed by atoms with van der Waals surface area (Å²) in [4.78, 5) is 49.0. The van der Waals surface area contributed by atoms with Crippen LogP contribution < -0.4 is 16.0 Å². The number of hydrogen-bond acceptors (Lipinski definition) is 5. The monoisotopic (exact) mass is 508 g/mol. The van der Waals surface area contributed by atoms with E-state index in [1.165, 1.54) is 0 Å². The lowest BCUT2D eigenvalue weighted by molar-refractivity contribution is -0.140. The first-order valence-electron chi connectivity index (χ1n) is 11.4. The van der Waals surface area contributed by atoms with Crippen molar-refractivity contribution in [2.75, 3.05) is 10.6 Å². The highest BCUT2D eigenvalue weighted by Crippen LogP contribution is 2.26. The van der Waals surface area contributed by atoms with Gasteiger partial charge in [-0.05, 0) is 49.1 Å². The van der Waals surface area contributed by atoms with Crippen LogP contribution in [0.3, 0.4) is 0 Å². The summed E-state index contributed by atoms with van der Waals surface area (Å²) >= 11 is 6.31. The lowest BCUT2D eigenvalue weighted by Gasteiger charge is -2.14. The van der Waals surface area contributed by atoms with Crippen LogP contribution in [0.2, 0.25) is 5.02 Å². The van der Waals surface area contributed by atoms with E-state index >= 15 is 0 Å². The molecule has 1 aliphatic heterocycles. The van der Waals surface area contributed by atoms with Crippen molar-refractivity contribution in [3.63, 3.8) is 0 Å². The Bertz CT molecular complexity index is 1350. The number of nitrogens with zero attached hydrogens (tertiary/aromatic N) is 3. The molecule has 1 fully saturated rings. The molecule has 0 aliphatic carbocycles. The van der Waals surface area contributed by atoms with Gasteiger partial charge in [0.2, 0.25) is 0 Å². The van der Waals surface area contributed by atoms with Gasteiger partial charge in [-0.15, -0.1) is 0 Å². The van der Waals surface area contributed by atoms with Crippen molar-refractivity contribution in [3.05, 3.63) is 70.4 Å². The molecule has 36 heavy (non-hydrogen) atoms. The molecule has 2 heterocycles. The number of carbonyl (C=O) groups excluding carboxylic acids is 4. The zero-order chi connectivity index (χ0) is 25.8. The van der Waals surface area contributed by atoms with Crippen LogP contribution in [0.15, 0.2) is 48.5 Å². The number of unbranched alkanes of at least 4 members (excludes halogenated alkanes) is 1. The minimum atomic E-state index is -0.949. The Morgan fingerprint density at radius 1 is 1.08 bits per heavy atom. The normalized spacial score (nSPS) is 13.2. The van der Waals surface area contributed by atoms with Gasteiger partial charge in [-0.3, -0.25) is 25.1 Å². The number of hydrogen-bond donors (Lipinski definition) is 3. The predicted molar refractivity (Wildman–Crippen MR) is 135 cm³/mol. The Hall–Kier alpha value is -4.18. The topological polar surface area (TPSA) is 125 Å². The van der Waals surface area contributed by atoms with Gasteiger partial charge in [-0.2, -0.15) is 5.10 Å². The molecule has 0 atom stereocenters. The predicted octanol–water partition coefficient (Wildman–Crippen LogP) is 4.40. The van der Waals surface area contributed by atoms with Gasteiger partial charge >= 0.3 is 23.9 Å². The molecule has 0 saturated carbocycles. The van der Waals surface area contributed by atoms with Gasteiger partial charge in [0.1, 0.15) is 5.82 Å². The van der Waals surface area contributed by atoms with E-state index in [0.717, 1.165) is 35.4 Å². The maximum absolute atomic E-state index is 12.8. The summed E-state index contributed by atoms with van der Waals surface area (Å²) in [5, 5.41) is 12.7. The van der Waals surface area contributed by atoms with Gasteiger partial charge in [0.25, 0.3) is 0 Å². The second-order valence-electron chi connectivity index (χ2n) is 8.37. The van der Waals surface area contributed by atoms with E-state index in [2.05, 4.69) is 22.7 Å². The molecule has 0 radical (unpaired) electrons. The summed E-state index contributed by atoms with van der Waals surface area (Å²) in [7, 11) is 0. The van der Waals surface area contributed by atoms with Crippen LogP contribution >= 0.6 is 11.6 Å². The summed E-state index contributed by atoms with van der Waals surface area (Å²) in [6, 6.07) is 12.9. The van der Waals surface area contributed by atoms with Gasteiger partial charge in [0.05, 0.1) is 28.6 Å². The molecule has 11 heteroatoms. The van der Waals surface area contributed by atoms with Crippen LogP contribution in [0.1, 0.15) is 36.6 Å². The standard InChI is InChI=1S/C25H25ClN6O4/c1-3-4-9-17-13-20(28-24(35)27-19-11-5-7-15(2)21(19)26)32(30-17)18-10-6-8-16(12-18)14-31-23(34)22(33)29-25(31)36/h5-8,10-13H,3-4,9,14H2,1-2H3,(H2,27,28,35)(H,29,33,36). The van der Waals surface area contributed by atoms with Crippen molar-refractivity contribution in [1.29, 1.82) is 0 Å². The Morgan fingerprint density at radius 3 is 2.58 bits per heavy atom. The zero-order valence-corrected chi connectivity index (χ0v) is 20.6. The molecule has 1 aliphatic rings. The van der Waals surface area contributed by atoms with Crippen molar-refractivity contribution in [1.82, 2.24) is 20.0 Å². The summed E-state index contributed by atoms with van der Waals surface area (Å²) in [6.07, 6.45) is 2.65. The minimum absolute atomic E-state index is 0.0800. The fourth-order valence-electron chi connectivity index (χ4n) is 3.76. The first kappa shape index (κ1) is 24.9. The average Bonchev–Trinajstić information content (AvgIpc) is 3.36. The van der Waals surface area contributed by atoms with Gasteiger partial charge in [0.15, 0.2) is 0 Å². The van der Waals surface area contributed by atoms with Crippen LogP contribution in [0, 0.1) is 6.92 Å². The first-order valence-corrected chi connectivity index (χ1v) is 11.8. The van der Waals surface area contributed by atoms with Crippen molar-refractivity contribution >= 4 is 47.0 Å². The Kier molecular flexibility index (Phi) is 7.35. The Labute approximate surface area is 212 Å². The Morgan fingerprint density at radius 2 is 1.86 bits per heavy atom. The molecule has 0 unspecified atom stereocenters. The third-order valence-electron chi connectivity index (χ3n) is 5.63. The average molecular weight is 509 g/mol. The van der Waals surface area contributed by atoms with Gasteiger partial charge in [-0.1, -0.05) is 49.2 Å². The third-order valence-corrected chi connectivity index (χ3v) is 6.13. The van der Waals surface area contributed by atoms with E-state index in [9.17, 15) is 19.2 Å². The molecular weight excluding hydrogens is 484 g/mol. The smallest absolute Gasteiger partial charge is 0.306 e. The number of imide groups is 2. The molecule has 1 aromatic heterocycles. The first-order chi connectivity index (χ1) is 17.3. The number of urea groups is 2. The zero-order valence-electron chi connectivity index (χ0n) is 19.8. The lowest BCUT2D eigenvalue weighted by Crippen LogP contribution is -2.30. The van der Waals surface area contributed by atoms with Crippen LogP contribution in [-0.4, -0.2) is 38.6 Å². The maximum atomic E-state index is 12.8. The second kappa shape index (κ2) is 10.6. The van der Waals surface area contributed by atoms with Gasteiger partial charge in [0, 0.05) is 6.07 Å². The molecule has 1 saturated heterocycles. The third kappa shape index (κ3) is 5.38. The van der Waals surface area contributed by atoms with E-state index < -0.39 is 23.9 Å². The molecule has 4 rings (SSSR count). The molecule has 3 aromatic rings.